The van der Waals surface area contributed by atoms with E-state index in [0.29, 0.717) is 22.2 Å². The minimum absolute atomic E-state index is 0.122. The number of nitrogens with zero attached hydrogens (tertiary/aromatic N) is 4. The number of benzene rings is 1. The number of rotatable bonds is 2. The van der Waals surface area contributed by atoms with Crippen LogP contribution in [-0.2, 0) is 6.18 Å². The molecule has 0 unspecified atom stereocenters. The molecule has 0 saturated heterocycles. The van der Waals surface area contributed by atoms with Crippen molar-refractivity contribution in [3.63, 3.8) is 0 Å². The van der Waals surface area contributed by atoms with Gasteiger partial charge in [0.05, 0.1) is 32.7 Å². The van der Waals surface area contributed by atoms with Crippen LogP contribution in [-0.4, -0.2) is 19.3 Å². The van der Waals surface area contributed by atoms with E-state index >= 15 is 0 Å². The lowest BCUT2D eigenvalue weighted by Gasteiger charge is -2.10. The number of fused-ring (bicyclic) bond motifs is 3. The maximum atomic E-state index is 12.7. The third-order valence-corrected chi connectivity index (χ3v) is 3.99. The maximum absolute atomic E-state index is 12.7. The van der Waals surface area contributed by atoms with Crippen LogP contribution in [0.5, 0.6) is 0 Å². The third kappa shape index (κ3) is 2.53. The number of nitro groups is 1. The van der Waals surface area contributed by atoms with Gasteiger partial charge in [-0.1, -0.05) is 0 Å². The molecule has 4 aromatic rings. The first kappa shape index (κ1) is 16.0. The average molecular weight is 358 g/mol. The first-order valence-corrected chi connectivity index (χ1v) is 7.43. The highest BCUT2D eigenvalue weighted by molar-refractivity contribution is 5.87. The number of pyridine rings is 1. The molecule has 3 heterocycles. The van der Waals surface area contributed by atoms with Gasteiger partial charge in [0.1, 0.15) is 5.69 Å². The van der Waals surface area contributed by atoms with Gasteiger partial charge in [-0.2, -0.15) is 13.2 Å². The molecule has 0 aliphatic rings. The number of halogens is 3. The molecule has 9 heteroatoms. The Hall–Kier alpha value is -3.49. The summed E-state index contributed by atoms with van der Waals surface area (Å²) in [7, 11) is 0. The monoisotopic (exact) mass is 358 g/mol. The second kappa shape index (κ2) is 5.51. The summed E-state index contributed by atoms with van der Waals surface area (Å²) in [5, 5.41) is 11.0. The Morgan fingerprint density at radius 3 is 2.54 bits per heavy atom. The Morgan fingerprint density at radius 1 is 1.08 bits per heavy atom. The number of hydrogen-bond acceptors (Lipinski definition) is 4. The Balaban J connectivity index is 1.95. The summed E-state index contributed by atoms with van der Waals surface area (Å²) in [4.78, 5) is 18.8. The maximum Gasteiger partial charge on any atom is 0.417 e. The fraction of sp³-hybridized carbons (Fsp3) is 0.0588. The molecule has 0 spiro atoms. The van der Waals surface area contributed by atoms with E-state index in [1.807, 2.05) is 0 Å². The van der Waals surface area contributed by atoms with E-state index in [1.54, 1.807) is 28.8 Å². The van der Waals surface area contributed by atoms with Gasteiger partial charge in [-0.3, -0.25) is 15.1 Å². The van der Waals surface area contributed by atoms with Crippen LogP contribution in [0.3, 0.4) is 0 Å². The Labute approximate surface area is 143 Å². The number of nitro benzene ring substituents is 1. The van der Waals surface area contributed by atoms with Gasteiger partial charge in [-0.05, 0) is 30.3 Å². The van der Waals surface area contributed by atoms with Gasteiger partial charge in [0.2, 0.25) is 0 Å². The van der Waals surface area contributed by atoms with Gasteiger partial charge in [0, 0.05) is 24.5 Å². The molecule has 0 aliphatic carbocycles. The van der Waals surface area contributed by atoms with Gasteiger partial charge in [0.15, 0.2) is 0 Å². The van der Waals surface area contributed by atoms with Crippen LogP contribution in [0.15, 0.2) is 54.9 Å². The van der Waals surface area contributed by atoms with Crippen molar-refractivity contribution in [2.24, 2.45) is 0 Å². The third-order valence-electron chi connectivity index (χ3n) is 3.99. The highest BCUT2D eigenvalue weighted by atomic mass is 19.4. The lowest BCUT2D eigenvalue weighted by atomic mass is 10.2. The molecular weight excluding hydrogens is 349 g/mol. The lowest BCUT2D eigenvalue weighted by Crippen LogP contribution is -2.05. The molecule has 0 amide bonds. The van der Waals surface area contributed by atoms with Gasteiger partial charge >= 0.3 is 6.18 Å². The standard InChI is InChI=1S/C17H9F3N4O2/c18-17(19,20)10-3-5-12(21-9-10)16-15-2-1-7-23(15)14-6-4-11(24(25)26)8-13(14)22-16/h1-9H. The summed E-state index contributed by atoms with van der Waals surface area (Å²) in [6.45, 7) is 0. The van der Waals surface area contributed by atoms with Crippen LogP contribution in [0.4, 0.5) is 18.9 Å². The van der Waals surface area contributed by atoms with E-state index in [2.05, 4.69) is 9.97 Å². The minimum Gasteiger partial charge on any atom is -0.313 e. The molecule has 26 heavy (non-hydrogen) atoms. The zero-order chi connectivity index (χ0) is 18.5. The van der Waals surface area contributed by atoms with E-state index < -0.39 is 16.7 Å². The number of non-ortho nitro benzene ring substituents is 1. The summed E-state index contributed by atoms with van der Waals surface area (Å²) in [5.41, 5.74) is 1.24. The van der Waals surface area contributed by atoms with Crippen LogP contribution in [0.1, 0.15) is 5.56 Å². The Kier molecular flexibility index (Phi) is 3.39. The summed E-state index contributed by atoms with van der Waals surface area (Å²) in [6.07, 6.45) is -1.99. The zero-order valence-electron chi connectivity index (χ0n) is 12.9. The molecule has 130 valence electrons. The quantitative estimate of drug-likeness (QED) is 0.391. The predicted molar refractivity (Wildman–Crippen MR) is 87.6 cm³/mol. The van der Waals surface area contributed by atoms with Crippen molar-refractivity contribution in [2.75, 3.05) is 0 Å². The van der Waals surface area contributed by atoms with Gasteiger partial charge in [-0.25, -0.2) is 4.98 Å². The Morgan fingerprint density at radius 2 is 1.88 bits per heavy atom. The molecule has 0 bridgehead atoms. The van der Waals surface area contributed by atoms with Gasteiger partial charge in [-0.15, -0.1) is 0 Å². The van der Waals surface area contributed by atoms with Crippen LogP contribution < -0.4 is 0 Å². The zero-order valence-corrected chi connectivity index (χ0v) is 12.9. The molecule has 4 rings (SSSR count). The van der Waals surface area contributed by atoms with Crippen LogP contribution >= 0.6 is 0 Å². The van der Waals surface area contributed by atoms with Gasteiger partial charge < -0.3 is 4.40 Å². The predicted octanol–water partition coefficient (Wildman–Crippen LogP) is 4.48. The second-order valence-corrected chi connectivity index (χ2v) is 5.58. The summed E-state index contributed by atoms with van der Waals surface area (Å²) < 4.78 is 40.0. The molecule has 0 saturated carbocycles. The highest BCUT2D eigenvalue weighted by Gasteiger charge is 2.30. The molecule has 0 radical (unpaired) electrons. The molecule has 0 atom stereocenters. The fourth-order valence-electron chi connectivity index (χ4n) is 2.77. The topological polar surface area (TPSA) is 73.3 Å². The van der Waals surface area contributed by atoms with Crippen molar-refractivity contribution < 1.29 is 18.1 Å². The molecule has 0 fully saturated rings. The molecular formula is C17H9F3N4O2. The lowest BCUT2D eigenvalue weighted by molar-refractivity contribution is -0.384. The van der Waals surface area contributed by atoms with E-state index in [-0.39, 0.29) is 11.4 Å². The van der Waals surface area contributed by atoms with Crippen molar-refractivity contribution in [2.45, 2.75) is 6.18 Å². The van der Waals surface area contributed by atoms with Crippen LogP contribution in [0.2, 0.25) is 0 Å². The molecule has 3 aromatic heterocycles. The van der Waals surface area contributed by atoms with Crippen molar-refractivity contribution in [1.82, 2.24) is 14.4 Å². The van der Waals surface area contributed by atoms with Crippen molar-refractivity contribution in [3.8, 4) is 11.4 Å². The molecule has 0 aliphatic heterocycles. The normalized spacial score (nSPS) is 12.0. The molecule has 6 nitrogen and oxygen atoms in total. The molecule has 1 aromatic carbocycles. The number of hydrogen-bond donors (Lipinski definition) is 0. The SMILES string of the molecule is O=[N+]([O-])c1ccc2c(c1)nc(-c1ccc(C(F)(F)F)cn1)c1cccn12. The second-order valence-electron chi connectivity index (χ2n) is 5.58. The summed E-state index contributed by atoms with van der Waals surface area (Å²) >= 11 is 0. The Bertz CT molecular complexity index is 1150. The van der Waals surface area contributed by atoms with Crippen LogP contribution in [0.25, 0.3) is 27.9 Å². The average Bonchev–Trinajstić information content (AvgIpc) is 3.09. The highest BCUT2D eigenvalue weighted by Crippen LogP contribution is 2.31. The fourth-order valence-corrected chi connectivity index (χ4v) is 2.77. The van der Waals surface area contributed by atoms with Crippen molar-refractivity contribution in [1.29, 1.82) is 0 Å². The first-order chi connectivity index (χ1) is 12.3. The first-order valence-electron chi connectivity index (χ1n) is 7.43. The van der Waals surface area contributed by atoms with E-state index in [9.17, 15) is 23.3 Å². The van der Waals surface area contributed by atoms with E-state index in [0.717, 1.165) is 12.3 Å². The number of alkyl halides is 3. The number of aromatic nitrogens is 3. The van der Waals surface area contributed by atoms with Gasteiger partial charge in [0.25, 0.3) is 5.69 Å². The summed E-state index contributed by atoms with van der Waals surface area (Å²) in [5.74, 6) is 0. The van der Waals surface area contributed by atoms with Crippen LogP contribution in [0, 0.1) is 10.1 Å². The molecule has 0 N–H and O–H groups in total. The largest absolute Gasteiger partial charge is 0.417 e. The van der Waals surface area contributed by atoms with Crippen molar-refractivity contribution >= 4 is 22.2 Å². The van der Waals surface area contributed by atoms with E-state index in [4.69, 9.17) is 0 Å². The van der Waals surface area contributed by atoms with Crippen molar-refractivity contribution in [3.05, 3.63) is 70.5 Å². The smallest absolute Gasteiger partial charge is 0.313 e. The summed E-state index contributed by atoms with van der Waals surface area (Å²) in [6, 6.07) is 9.95. The van der Waals surface area contributed by atoms with E-state index in [1.165, 1.54) is 18.2 Å². The minimum atomic E-state index is -4.48.